The van der Waals surface area contributed by atoms with Crippen molar-refractivity contribution < 1.29 is 13.9 Å². The minimum absolute atomic E-state index is 0.235. The molecule has 0 heterocycles. The predicted octanol–water partition coefficient (Wildman–Crippen LogP) is 5.02. The lowest BCUT2D eigenvalue weighted by atomic mass is 10.1. The van der Waals surface area contributed by atoms with Gasteiger partial charge in [-0.05, 0) is 61.0 Å². The smallest absolute Gasteiger partial charge is 0.251 e. The second-order valence-corrected chi connectivity index (χ2v) is 5.94. The summed E-state index contributed by atoms with van der Waals surface area (Å²) in [5.41, 5.74) is 2.16. The van der Waals surface area contributed by atoms with Crippen LogP contribution in [0, 0.1) is 5.82 Å². The number of amides is 1. The molecule has 1 atom stereocenters. The molecule has 0 saturated carbocycles. The third kappa shape index (κ3) is 5.07. The Kier molecular flexibility index (Phi) is 6.05. The van der Waals surface area contributed by atoms with Crippen molar-refractivity contribution in [1.82, 2.24) is 0 Å². The van der Waals surface area contributed by atoms with E-state index in [-0.39, 0.29) is 11.7 Å². The number of carbonyl (C=O) groups excluding carboxylic acids is 1. The van der Waals surface area contributed by atoms with E-state index in [9.17, 15) is 9.18 Å². The molecule has 27 heavy (non-hydrogen) atoms. The summed E-state index contributed by atoms with van der Waals surface area (Å²) in [4.78, 5) is 12.9. The molecule has 0 bridgehead atoms. The maximum absolute atomic E-state index is 13.1. The van der Waals surface area contributed by atoms with Gasteiger partial charge in [-0.1, -0.05) is 30.3 Å². The maximum atomic E-state index is 13.1. The van der Waals surface area contributed by atoms with Gasteiger partial charge in [0.1, 0.15) is 17.6 Å². The summed E-state index contributed by atoms with van der Waals surface area (Å²) < 4.78 is 18.5. The molecule has 0 radical (unpaired) electrons. The van der Waals surface area contributed by atoms with Crippen molar-refractivity contribution in [2.75, 3.05) is 17.2 Å². The Morgan fingerprint density at radius 3 is 2.19 bits per heavy atom. The maximum Gasteiger partial charge on any atom is 0.251 e. The highest BCUT2D eigenvalue weighted by Crippen LogP contribution is 2.23. The molecule has 0 aliphatic carbocycles. The number of ether oxygens (including phenoxy) is 1. The molecule has 0 aliphatic heterocycles. The largest absolute Gasteiger partial charge is 0.494 e. The van der Waals surface area contributed by atoms with Crippen LogP contribution in [-0.4, -0.2) is 12.5 Å². The second-order valence-electron chi connectivity index (χ2n) is 5.94. The van der Waals surface area contributed by atoms with E-state index >= 15 is 0 Å². The molecule has 2 N–H and O–H groups in total. The van der Waals surface area contributed by atoms with E-state index in [1.165, 1.54) is 24.3 Å². The lowest BCUT2D eigenvalue weighted by molar-refractivity contribution is -0.117. The summed E-state index contributed by atoms with van der Waals surface area (Å²) in [7, 11) is 0. The molecule has 0 aromatic heterocycles. The van der Waals surface area contributed by atoms with Crippen LogP contribution < -0.4 is 15.4 Å². The van der Waals surface area contributed by atoms with Crippen LogP contribution in [-0.2, 0) is 4.79 Å². The van der Waals surface area contributed by atoms with Crippen molar-refractivity contribution in [3.05, 3.63) is 90.2 Å². The highest BCUT2D eigenvalue weighted by molar-refractivity contribution is 5.97. The topological polar surface area (TPSA) is 50.4 Å². The van der Waals surface area contributed by atoms with Crippen LogP contribution in [0.1, 0.15) is 18.5 Å². The van der Waals surface area contributed by atoms with Crippen molar-refractivity contribution in [1.29, 1.82) is 0 Å². The van der Waals surface area contributed by atoms with Gasteiger partial charge < -0.3 is 15.4 Å². The zero-order valence-electron chi connectivity index (χ0n) is 15.0. The first-order chi connectivity index (χ1) is 13.2. The third-order valence-corrected chi connectivity index (χ3v) is 3.98. The van der Waals surface area contributed by atoms with E-state index in [0.717, 1.165) is 17.0 Å². The van der Waals surface area contributed by atoms with Crippen molar-refractivity contribution in [3.63, 3.8) is 0 Å². The molecule has 138 valence electrons. The van der Waals surface area contributed by atoms with Crippen LogP contribution in [0.15, 0.2) is 78.9 Å². The Bertz CT molecular complexity index is 865. The van der Waals surface area contributed by atoms with Gasteiger partial charge in [0.15, 0.2) is 0 Å². The van der Waals surface area contributed by atoms with Crippen LogP contribution >= 0.6 is 0 Å². The Labute approximate surface area is 158 Å². The zero-order chi connectivity index (χ0) is 19.1. The lowest BCUT2D eigenvalue weighted by Gasteiger charge is -2.20. The number of nitrogens with one attached hydrogen (secondary N) is 2. The van der Waals surface area contributed by atoms with E-state index in [1.807, 2.05) is 61.5 Å². The van der Waals surface area contributed by atoms with Crippen LogP contribution in [0.5, 0.6) is 5.75 Å². The van der Waals surface area contributed by atoms with Gasteiger partial charge in [-0.3, -0.25) is 4.79 Å². The predicted molar refractivity (Wildman–Crippen MR) is 105 cm³/mol. The third-order valence-electron chi connectivity index (χ3n) is 3.98. The zero-order valence-corrected chi connectivity index (χ0v) is 15.0. The quantitative estimate of drug-likeness (QED) is 0.619. The van der Waals surface area contributed by atoms with Gasteiger partial charge in [0.05, 0.1) is 6.61 Å². The lowest BCUT2D eigenvalue weighted by Crippen LogP contribution is -2.27. The van der Waals surface area contributed by atoms with E-state index in [0.29, 0.717) is 12.3 Å². The van der Waals surface area contributed by atoms with Gasteiger partial charge >= 0.3 is 0 Å². The molecular weight excluding hydrogens is 343 g/mol. The molecule has 3 aromatic rings. The highest BCUT2D eigenvalue weighted by Gasteiger charge is 2.20. The first kappa shape index (κ1) is 18.5. The minimum Gasteiger partial charge on any atom is -0.494 e. The highest BCUT2D eigenvalue weighted by atomic mass is 19.1. The van der Waals surface area contributed by atoms with E-state index in [4.69, 9.17) is 4.74 Å². The standard InChI is InChI=1S/C22H21FN2O2/c1-2-27-20-14-12-18(13-15-20)24-21(16-6-4-3-5-7-16)22(26)25-19-10-8-17(23)9-11-19/h3-15,21,24H,2H2,1H3,(H,25,26)/t21-/m0/s1. The second kappa shape index (κ2) is 8.85. The van der Waals surface area contributed by atoms with Crippen molar-refractivity contribution in [2.24, 2.45) is 0 Å². The number of rotatable bonds is 7. The van der Waals surface area contributed by atoms with Gasteiger partial charge in [0.2, 0.25) is 0 Å². The normalized spacial score (nSPS) is 11.5. The summed E-state index contributed by atoms with van der Waals surface area (Å²) >= 11 is 0. The van der Waals surface area contributed by atoms with Crippen molar-refractivity contribution >= 4 is 17.3 Å². The van der Waals surface area contributed by atoms with Gasteiger partial charge in [0.25, 0.3) is 5.91 Å². The number of hydrogen-bond acceptors (Lipinski definition) is 3. The van der Waals surface area contributed by atoms with Gasteiger partial charge in [0, 0.05) is 11.4 Å². The number of carbonyl (C=O) groups is 1. The number of halogens is 1. The molecule has 0 spiro atoms. The van der Waals surface area contributed by atoms with Crippen LogP contribution in [0.2, 0.25) is 0 Å². The van der Waals surface area contributed by atoms with Gasteiger partial charge in [-0.2, -0.15) is 0 Å². The molecule has 5 heteroatoms. The molecule has 4 nitrogen and oxygen atoms in total. The Hall–Kier alpha value is -3.34. The average molecular weight is 364 g/mol. The SMILES string of the molecule is CCOc1ccc(N[C@H](C(=O)Nc2ccc(F)cc2)c2ccccc2)cc1. The molecule has 3 rings (SSSR count). The number of benzene rings is 3. The van der Waals surface area contributed by atoms with Gasteiger partial charge in [-0.15, -0.1) is 0 Å². The Balaban J connectivity index is 1.80. The van der Waals surface area contributed by atoms with E-state index < -0.39 is 6.04 Å². The summed E-state index contributed by atoms with van der Waals surface area (Å²) in [5.74, 6) is 0.192. The molecule has 3 aromatic carbocycles. The summed E-state index contributed by atoms with van der Waals surface area (Å²) in [5, 5.41) is 6.08. The average Bonchev–Trinajstić information content (AvgIpc) is 2.70. The first-order valence-electron chi connectivity index (χ1n) is 8.76. The van der Waals surface area contributed by atoms with Crippen molar-refractivity contribution in [3.8, 4) is 5.75 Å². The van der Waals surface area contributed by atoms with Crippen LogP contribution in [0.4, 0.5) is 15.8 Å². The van der Waals surface area contributed by atoms with Crippen LogP contribution in [0.25, 0.3) is 0 Å². The fraction of sp³-hybridized carbons (Fsp3) is 0.136. The molecule has 0 unspecified atom stereocenters. The number of hydrogen-bond donors (Lipinski definition) is 2. The Morgan fingerprint density at radius 2 is 1.56 bits per heavy atom. The molecule has 1 amide bonds. The first-order valence-corrected chi connectivity index (χ1v) is 8.76. The van der Waals surface area contributed by atoms with Gasteiger partial charge in [-0.25, -0.2) is 4.39 Å². The number of anilines is 2. The fourth-order valence-corrected chi connectivity index (χ4v) is 2.67. The van der Waals surface area contributed by atoms with E-state index in [2.05, 4.69) is 10.6 Å². The summed E-state index contributed by atoms with van der Waals surface area (Å²) in [6.07, 6.45) is 0. The van der Waals surface area contributed by atoms with E-state index in [1.54, 1.807) is 0 Å². The summed E-state index contributed by atoms with van der Waals surface area (Å²) in [6.45, 7) is 2.52. The molecular formula is C22H21FN2O2. The molecule has 0 aliphatic rings. The molecule has 0 saturated heterocycles. The monoisotopic (exact) mass is 364 g/mol. The Morgan fingerprint density at radius 1 is 0.926 bits per heavy atom. The minimum atomic E-state index is -0.603. The van der Waals surface area contributed by atoms with Crippen molar-refractivity contribution in [2.45, 2.75) is 13.0 Å². The molecule has 0 fully saturated rings. The van der Waals surface area contributed by atoms with Crippen LogP contribution in [0.3, 0.4) is 0 Å². The summed E-state index contributed by atoms with van der Waals surface area (Å²) in [6, 6.07) is 22.0. The fourth-order valence-electron chi connectivity index (χ4n) is 2.67.